The Morgan fingerprint density at radius 2 is 2.08 bits per heavy atom. The van der Waals surface area contributed by atoms with Crippen LogP contribution < -0.4 is 0 Å². The van der Waals surface area contributed by atoms with E-state index in [4.69, 9.17) is 4.74 Å². The highest BCUT2D eigenvalue weighted by molar-refractivity contribution is 5.15. The Morgan fingerprint density at radius 1 is 1.46 bits per heavy atom. The molecule has 1 rings (SSSR count). The summed E-state index contributed by atoms with van der Waals surface area (Å²) >= 11 is 0. The largest absolute Gasteiger partial charge is 0.342 e. The zero-order valence-electron chi connectivity index (χ0n) is 7.34. The minimum absolute atomic E-state index is 0.334. The molecule has 0 heterocycles. The monoisotopic (exact) mass is 181 g/mol. The van der Waals surface area contributed by atoms with Crippen LogP contribution in [0.25, 0.3) is 0 Å². The minimum Gasteiger partial charge on any atom is -0.314 e. The lowest BCUT2D eigenvalue weighted by Gasteiger charge is -2.08. The zero-order chi connectivity index (χ0) is 9.68. The summed E-state index contributed by atoms with van der Waals surface area (Å²) in [5.41, 5.74) is 0.578. The molecule has 70 valence electrons. The fourth-order valence-corrected chi connectivity index (χ4v) is 1.05. The number of nitro groups is 1. The maximum Gasteiger partial charge on any atom is 0.342 e. The summed E-state index contributed by atoms with van der Waals surface area (Å²) in [5.74, 6) is 0. The minimum atomic E-state index is -1.04. The summed E-state index contributed by atoms with van der Waals surface area (Å²) in [6, 6.07) is 8.69. The molecule has 1 aromatic rings. The highest BCUT2D eigenvalue weighted by atomic mass is 16.7. The molecule has 0 aromatic heterocycles. The molecule has 1 aromatic carbocycles. The van der Waals surface area contributed by atoms with E-state index >= 15 is 0 Å². The molecular formula is C9H11NO3. The van der Waals surface area contributed by atoms with Crippen LogP contribution in [0.3, 0.4) is 0 Å². The van der Waals surface area contributed by atoms with Gasteiger partial charge >= 0.3 is 6.23 Å². The molecule has 0 aliphatic carbocycles. The molecule has 0 amide bonds. The van der Waals surface area contributed by atoms with Gasteiger partial charge < -0.3 is 4.74 Å². The van der Waals surface area contributed by atoms with Gasteiger partial charge in [-0.25, -0.2) is 0 Å². The predicted molar refractivity (Wildman–Crippen MR) is 47.8 cm³/mol. The van der Waals surface area contributed by atoms with Gasteiger partial charge in [-0.3, -0.25) is 10.1 Å². The summed E-state index contributed by atoms with van der Waals surface area (Å²) in [6.07, 6.45) is -1.04. The molecule has 13 heavy (non-hydrogen) atoms. The van der Waals surface area contributed by atoms with Crippen molar-refractivity contribution >= 4 is 0 Å². The second-order valence-electron chi connectivity index (χ2n) is 2.50. The first-order valence-corrected chi connectivity index (χ1v) is 4.05. The van der Waals surface area contributed by atoms with Crippen molar-refractivity contribution in [3.63, 3.8) is 0 Å². The van der Waals surface area contributed by atoms with Crippen molar-refractivity contribution in [3.8, 4) is 0 Å². The van der Waals surface area contributed by atoms with Gasteiger partial charge in [0.25, 0.3) is 0 Å². The highest BCUT2D eigenvalue weighted by Gasteiger charge is 2.21. The van der Waals surface area contributed by atoms with Crippen molar-refractivity contribution in [2.24, 2.45) is 0 Å². The van der Waals surface area contributed by atoms with Gasteiger partial charge in [0.1, 0.15) is 0 Å². The molecule has 0 spiro atoms. The quantitative estimate of drug-likeness (QED) is 0.405. The molecule has 0 saturated heterocycles. The lowest BCUT2D eigenvalue weighted by Crippen LogP contribution is -2.14. The van der Waals surface area contributed by atoms with Crippen molar-refractivity contribution in [1.29, 1.82) is 0 Å². The third kappa shape index (κ3) is 2.52. The number of rotatable bonds is 4. The van der Waals surface area contributed by atoms with Gasteiger partial charge in [0.05, 0.1) is 17.1 Å². The first kappa shape index (κ1) is 9.67. The molecule has 0 saturated carbocycles. The van der Waals surface area contributed by atoms with Crippen LogP contribution in [0.1, 0.15) is 18.7 Å². The molecule has 1 unspecified atom stereocenters. The number of ether oxygens (including phenoxy) is 1. The molecular weight excluding hydrogens is 170 g/mol. The fraction of sp³-hybridized carbons (Fsp3) is 0.333. The Balaban J connectivity index is 2.82. The maximum atomic E-state index is 10.6. The van der Waals surface area contributed by atoms with Crippen LogP contribution in [0.2, 0.25) is 0 Å². The molecule has 4 heteroatoms. The Kier molecular flexibility index (Phi) is 3.40. The van der Waals surface area contributed by atoms with Crippen LogP contribution in [0.4, 0.5) is 0 Å². The molecule has 0 bridgehead atoms. The van der Waals surface area contributed by atoms with Gasteiger partial charge in [-0.05, 0) is 19.1 Å². The number of benzene rings is 1. The molecule has 0 aliphatic rings. The van der Waals surface area contributed by atoms with Gasteiger partial charge in [0.15, 0.2) is 0 Å². The van der Waals surface area contributed by atoms with Crippen LogP contribution in [0.15, 0.2) is 30.3 Å². The van der Waals surface area contributed by atoms with Gasteiger partial charge in [-0.1, -0.05) is 18.2 Å². The van der Waals surface area contributed by atoms with Crippen LogP contribution in [-0.2, 0) is 4.74 Å². The summed E-state index contributed by atoms with van der Waals surface area (Å²) < 4.78 is 4.99. The number of nitrogens with zero attached hydrogens (tertiary/aromatic N) is 1. The molecule has 0 N–H and O–H groups in total. The van der Waals surface area contributed by atoms with Crippen molar-refractivity contribution in [3.05, 3.63) is 46.0 Å². The molecule has 0 radical (unpaired) electrons. The Hall–Kier alpha value is -1.42. The van der Waals surface area contributed by atoms with Crippen molar-refractivity contribution in [2.45, 2.75) is 13.2 Å². The molecule has 4 nitrogen and oxygen atoms in total. The van der Waals surface area contributed by atoms with E-state index in [-0.39, 0.29) is 0 Å². The van der Waals surface area contributed by atoms with E-state index in [9.17, 15) is 10.1 Å². The van der Waals surface area contributed by atoms with Gasteiger partial charge in [-0.15, -0.1) is 0 Å². The first-order valence-electron chi connectivity index (χ1n) is 4.05. The fourth-order valence-electron chi connectivity index (χ4n) is 1.05. The van der Waals surface area contributed by atoms with Crippen LogP contribution in [0.5, 0.6) is 0 Å². The van der Waals surface area contributed by atoms with Crippen LogP contribution >= 0.6 is 0 Å². The van der Waals surface area contributed by atoms with Crippen LogP contribution in [0, 0.1) is 10.1 Å². The van der Waals surface area contributed by atoms with Crippen molar-refractivity contribution < 1.29 is 9.66 Å². The smallest absolute Gasteiger partial charge is 0.314 e. The SMILES string of the molecule is CCOC(c1ccccc1)[N+](=O)[O-]. The lowest BCUT2D eigenvalue weighted by molar-refractivity contribution is -0.583. The van der Waals surface area contributed by atoms with E-state index in [2.05, 4.69) is 0 Å². The van der Waals surface area contributed by atoms with E-state index in [0.717, 1.165) is 0 Å². The lowest BCUT2D eigenvalue weighted by atomic mass is 10.2. The maximum absolute atomic E-state index is 10.6. The van der Waals surface area contributed by atoms with Crippen molar-refractivity contribution in [1.82, 2.24) is 0 Å². The van der Waals surface area contributed by atoms with Gasteiger partial charge in [-0.2, -0.15) is 0 Å². The molecule has 0 aliphatic heterocycles. The second kappa shape index (κ2) is 4.57. The Labute approximate surface area is 76.3 Å². The van der Waals surface area contributed by atoms with Crippen LogP contribution in [-0.4, -0.2) is 11.5 Å². The summed E-state index contributed by atoms with van der Waals surface area (Å²) in [5, 5.41) is 10.6. The molecule has 1 atom stereocenters. The normalized spacial score (nSPS) is 12.4. The number of hydrogen-bond acceptors (Lipinski definition) is 3. The Bertz CT molecular complexity index is 273. The van der Waals surface area contributed by atoms with E-state index < -0.39 is 11.2 Å². The standard InChI is InChI=1S/C9H11NO3/c1-2-13-9(10(11)12)8-6-4-3-5-7-8/h3-7,9H,2H2,1H3. The van der Waals surface area contributed by atoms with Crippen molar-refractivity contribution in [2.75, 3.05) is 6.61 Å². The predicted octanol–water partition coefficient (Wildman–Crippen LogP) is 2.00. The highest BCUT2D eigenvalue weighted by Crippen LogP contribution is 2.16. The van der Waals surface area contributed by atoms with E-state index in [0.29, 0.717) is 12.2 Å². The second-order valence-corrected chi connectivity index (χ2v) is 2.50. The third-order valence-electron chi connectivity index (χ3n) is 1.60. The topological polar surface area (TPSA) is 52.4 Å². The zero-order valence-corrected chi connectivity index (χ0v) is 7.34. The summed E-state index contributed by atoms with van der Waals surface area (Å²) in [6.45, 7) is 2.07. The van der Waals surface area contributed by atoms with E-state index in [1.165, 1.54) is 0 Å². The first-order chi connectivity index (χ1) is 6.25. The summed E-state index contributed by atoms with van der Waals surface area (Å²) in [4.78, 5) is 10.1. The molecule has 0 fully saturated rings. The van der Waals surface area contributed by atoms with E-state index in [1.807, 2.05) is 6.07 Å². The number of hydrogen-bond donors (Lipinski definition) is 0. The average molecular weight is 181 g/mol. The van der Waals surface area contributed by atoms with Gasteiger partial charge in [0, 0.05) is 0 Å². The average Bonchev–Trinajstić information content (AvgIpc) is 2.15. The van der Waals surface area contributed by atoms with E-state index in [1.54, 1.807) is 31.2 Å². The van der Waals surface area contributed by atoms with Gasteiger partial charge in [0.2, 0.25) is 0 Å². The third-order valence-corrected chi connectivity index (χ3v) is 1.60. The Morgan fingerprint density at radius 3 is 2.54 bits per heavy atom. The summed E-state index contributed by atoms with van der Waals surface area (Å²) in [7, 11) is 0.